The van der Waals surface area contributed by atoms with Crippen LogP contribution in [0.15, 0.2) is 0 Å². The lowest BCUT2D eigenvalue weighted by Gasteiger charge is -2.24. The van der Waals surface area contributed by atoms with Crippen LogP contribution in [-0.2, 0) is 0 Å². The highest BCUT2D eigenvalue weighted by atomic mass is 32.6. The molecule has 0 rings (SSSR count). The highest BCUT2D eigenvalue weighted by Gasteiger charge is 2.16. The van der Waals surface area contributed by atoms with Crippen LogP contribution in [0.4, 0.5) is 0 Å². The third kappa shape index (κ3) is 3.93. The fourth-order valence-electron chi connectivity index (χ4n) is 1.09. The average molecular weight is 214 g/mol. The summed E-state index contributed by atoms with van der Waals surface area (Å²) in [6, 6.07) is 0. The predicted octanol–water partition coefficient (Wildman–Crippen LogP) is 4.08. The minimum Gasteiger partial charge on any atom is -0.110 e. The lowest BCUT2D eigenvalue weighted by Crippen LogP contribution is -2.07. The van der Waals surface area contributed by atoms with Crippen molar-refractivity contribution in [3.05, 3.63) is 0 Å². The second-order valence-electron chi connectivity index (χ2n) is 2.76. The quantitative estimate of drug-likeness (QED) is 0.618. The van der Waals surface area contributed by atoms with Crippen LogP contribution in [0.5, 0.6) is 0 Å². The van der Waals surface area contributed by atoms with E-state index in [0.29, 0.717) is 0 Å². The van der Waals surface area contributed by atoms with Crippen LogP contribution in [0, 0.1) is 5.92 Å². The maximum atomic E-state index is 3.02. The van der Waals surface area contributed by atoms with Crippen molar-refractivity contribution in [2.45, 2.75) is 32.9 Å². The molecule has 0 saturated heterocycles. The van der Waals surface area contributed by atoms with Crippen molar-refractivity contribution in [1.82, 2.24) is 0 Å². The van der Waals surface area contributed by atoms with Gasteiger partial charge in [-0.1, -0.05) is 36.0 Å². The van der Waals surface area contributed by atoms with Crippen LogP contribution in [0.25, 0.3) is 0 Å². The second kappa shape index (κ2) is 6.26. The van der Waals surface area contributed by atoms with Crippen molar-refractivity contribution in [1.29, 1.82) is 0 Å². The summed E-state index contributed by atoms with van der Waals surface area (Å²) in [5.41, 5.74) is 0.954. The van der Waals surface area contributed by atoms with Crippen LogP contribution in [0.3, 0.4) is 0 Å². The van der Waals surface area contributed by atoms with E-state index in [1.165, 1.54) is 6.42 Å². The minimum atomic E-state index is 0.226. The third-order valence-corrected chi connectivity index (χ3v) is 13.4. The Bertz CT molecular complexity index is 83.8. The molecule has 5 atom stereocenters. The van der Waals surface area contributed by atoms with Gasteiger partial charge in [-0.3, -0.25) is 0 Å². The summed E-state index contributed by atoms with van der Waals surface area (Å²) < 4.78 is 0. The Morgan fingerprint density at radius 2 is 2.00 bits per heavy atom. The van der Waals surface area contributed by atoms with Crippen molar-refractivity contribution >= 4 is 33.1 Å². The maximum absolute atomic E-state index is 3.02. The van der Waals surface area contributed by atoms with E-state index in [0.717, 1.165) is 19.5 Å². The summed E-state index contributed by atoms with van der Waals surface area (Å²) in [7, 11) is 7.17. The molecule has 0 aromatic heterocycles. The average Bonchev–Trinajstić information content (AvgIpc) is 1.88. The van der Waals surface area contributed by atoms with Gasteiger partial charge in [-0.05, 0) is 18.0 Å². The Labute approximate surface area is 72.3 Å². The molecule has 0 heterocycles. The van der Waals surface area contributed by atoms with Crippen LogP contribution in [-0.4, -0.2) is 5.66 Å². The summed E-state index contributed by atoms with van der Waals surface area (Å²) in [6.07, 6.45) is 1.34. The van der Waals surface area contributed by atoms with Crippen LogP contribution in [0.1, 0.15) is 27.2 Å². The molecule has 10 heavy (non-hydrogen) atoms. The zero-order valence-electron chi connectivity index (χ0n) is 6.96. The van der Waals surface area contributed by atoms with Crippen molar-refractivity contribution < 1.29 is 0 Å². The van der Waals surface area contributed by atoms with Gasteiger partial charge in [0.1, 0.15) is 0 Å². The summed E-state index contributed by atoms with van der Waals surface area (Å²) in [5.74, 6) is 0.863. The summed E-state index contributed by atoms with van der Waals surface area (Å²) in [6.45, 7) is 6.96. The van der Waals surface area contributed by atoms with Gasteiger partial charge < -0.3 is 0 Å². The molecule has 4 unspecified atom stereocenters. The second-order valence-corrected chi connectivity index (χ2v) is 12.4. The smallest absolute Gasteiger partial charge is 0.0115 e. The highest BCUT2D eigenvalue weighted by Crippen LogP contribution is 2.70. The highest BCUT2D eigenvalue weighted by molar-refractivity contribution is 8.61. The van der Waals surface area contributed by atoms with Crippen LogP contribution in [0.2, 0.25) is 0 Å². The van der Waals surface area contributed by atoms with Gasteiger partial charge in [0.15, 0.2) is 0 Å². The largest absolute Gasteiger partial charge is 0.110 e. The SMILES string of the molecule is CC[C@H](C(C)C)P(P)PP. The normalized spacial score (nSPS) is 18.6. The Morgan fingerprint density at radius 3 is 2.10 bits per heavy atom. The van der Waals surface area contributed by atoms with Gasteiger partial charge >= 0.3 is 0 Å². The summed E-state index contributed by atoms with van der Waals surface area (Å²) in [4.78, 5) is 0. The van der Waals surface area contributed by atoms with Gasteiger partial charge in [-0.25, -0.2) is 0 Å². The van der Waals surface area contributed by atoms with E-state index < -0.39 is 0 Å². The van der Waals surface area contributed by atoms with E-state index in [1.54, 1.807) is 0 Å². The first-order valence-electron chi connectivity index (χ1n) is 3.63. The maximum Gasteiger partial charge on any atom is -0.0115 e. The predicted molar refractivity (Wildman–Crippen MR) is 63.6 cm³/mol. The zero-order chi connectivity index (χ0) is 8.15. The first kappa shape index (κ1) is 11.7. The first-order valence-corrected chi connectivity index (χ1v) is 10.3. The molecule has 0 spiro atoms. The number of hydrogen-bond donors (Lipinski definition) is 0. The van der Waals surface area contributed by atoms with Crippen molar-refractivity contribution in [2.75, 3.05) is 0 Å². The standard InChI is InChI=1S/C6H18P4/c1-4-6(5(2)3)10(8)9-7/h5-6,9H,4,7-8H2,1-3H3/t6-,10?/m1/s1. The molecule has 0 fully saturated rings. The zero-order valence-corrected chi connectivity index (χ0v) is 11.2. The molecule has 0 aliphatic carbocycles. The fraction of sp³-hybridized carbons (Fsp3) is 1.00. The molecule has 0 aliphatic rings. The van der Waals surface area contributed by atoms with E-state index in [9.17, 15) is 0 Å². The molecule has 0 N–H and O–H groups in total. The van der Waals surface area contributed by atoms with E-state index in [-0.39, 0.29) is 7.30 Å². The number of rotatable bonds is 4. The lowest BCUT2D eigenvalue weighted by atomic mass is 10.1. The number of hydrogen-bond acceptors (Lipinski definition) is 0. The van der Waals surface area contributed by atoms with Crippen molar-refractivity contribution in [3.63, 3.8) is 0 Å². The molecule has 0 nitrogen and oxygen atoms in total. The van der Waals surface area contributed by atoms with Gasteiger partial charge in [0.05, 0.1) is 0 Å². The molecule has 0 amide bonds. The summed E-state index contributed by atoms with van der Waals surface area (Å²) >= 11 is 0. The molecule has 0 aromatic rings. The molecule has 0 aliphatic heterocycles. The van der Waals surface area contributed by atoms with Gasteiger partial charge in [-0.2, -0.15) is 0 Å². The molecule has 0 saturated carbocycles. The van der Waals surface area contributed by atoms with Crippen LogP contribution < -0.4 is 0 Å². The summed E-state index contributed by atoms with van der Waals surface area (Å²) in [5, 5.41) is 0. The van der Waals surface area contributed by atoms with Crippen LogP contribution >= 0.6 is 33.1 Å². The minimum absolute atomic E-state index is 0.226. The fourth-order valence-corrected chi connectivity index (χ4v) is 7.72. The van der Waals surface area contributed by atoms with Crippen molar-refractivity contribution in [2.24, 2.45) is 5.92 Å². The Balaban J connectivity index is 3.80. The molecule has 62 valence electrons. The molecule has 0 radical (unpaired) electrons. The molecule has 0 aromatic carbocycles. The monoisotopic (exact) mass is 214 g/mol. The Hall–Kier alpha value is 1.72. The third-order valence-electron chi connectivity index (χ3n) is 1.69. The molecular weight excluding hydrogens is 196 g/mol. The Kier molecular flexibility index (Phi) is 7.34. The Morgan fingerprint density at radius 1 is 1.50 bits per heavy atom. The van der Waals surface area contributed by atoms with E-state index in [1.807, 2.05) is 0 Å². The lowest BCUT2D eigenvalue weighted by molar-refractivity contribution is 0.591. The van der Waals surface area contributed by atoms with E-state index in [2.05, 4.69) is 38.6 Å². The van der Waals surface area contributed by atoms with Crippen molar-refractivity contribution in [3.8, 4) is 0 Å². The molecule has 0 bridgehead atoms. The van der Waals surface area contributed by atoms with Gasteiger partial charge in [0.25, 0.3) is 0 Å². The van der Waals surface area contributed by atoms with Gasteiger partial charge in [0.2, 0.25) is 0 Å². The van der Waals surface area contributed by atoms with Gasteiger partial charge in [0, 0.05) is 0 Å². The molecule has 4 heteroatoms. The van der Waals surface area contributed by atoms with E-state index in [4.69, 9.17) is 0 Å². The van der Waals surface area contributed by atoms with Gasteiger partial charge in [-0.15, -0.1) is 17.9 Å². The first-order chi connectivity index (χ1) is 4.63. The molecular formula is C6H18P4. The van der Waals surface area contributed by atoms with E-state index >= 15 is 0 Å². The topological polar surface area (TPSA) is 0 Å².